The summed E-state index contributed by atoms with van der Waals surface area (Å²) in [7, 11) is -5.63. The lowest BCUT2D eigenvalue weighted by atomic mass is 9.60. The van der Waals surface area contributed by atoms with Crippen LogP contribution in [0.4, 0.5) is 13.2 Å². The standard InChI is InChI=1S/C22H39F3O3S.H2S/c1-13(2)17-9-7-15(5)11-19(17)21(28-29(26,27)22(23,24)25)20-12-16(6)8-10-18(20)14(3)4;/h13-21H,7-12H2,1-6H3;1H2/p+1. The molecule has 30 heavy (non-hydrogen) atoms. The molecule has 0 spiro atoms. The van der Waals surface area contributed by atoms with Crippen LogP contribution in [0.15, 0.2) is 0 Å². The summed E-state index contributed by atoms with van der Waals surface area (Å²) in [6.07, 6.45) is 4.48. The van der Waals surface area contributed by atoms with Gasteiger partial charge in [-0.25, -0.2) is 0 Å². The third-order valence-electron chi connectivity index (χ3n) is 7.51. The lowest BCUT2D eigenvalue weighted by molar-refractivity contribution is -0.0813. The monoisotopic (exact) mass is 475 g/mol. The van der Waals surface area contributed by atoms with Crippen LogP contribution in [0.5, 0.6) is 0 Å². The minimum Gasteiger partial charge on any atom is -0.259 e. The molecular weight excluding hydrogens is 433 g/mol. The summed E-state index contributed by atoms with van der Waals surface area (Å²) in [4.78, 5) is 0. The molecule has 3 nitrogen and oxygen atoms in total. The number of halogens is 3. The molecule has 0 radical (unpaired) electrons. The van der Waals surface area contributed by atoms with Crippen LogP contribution in [0, 0.1) is 47.3 Å². The van der Waals surface area contributed by atoms with Crippen molar-refractivity contribution in [3.63, 3.8) is 0 Å². The van der Waals surface area contributed by atoms with Gasteiger partial charge < -0.3 is 0 Å². The summed E-state index contributed by atoms with van der Waals surface area (Å²) in [5.41, 5.74) is -5.38. The van der Waals surface area contributed by atoms with Crippen LogP contribution in [0.25, 0.3) is 0 Å². The average Bonchev–Trinajstić information content (AvgIpc) is 2.58. The van der Waals surface area contributed by atoms with Gasteiger partial charge in [0.15, 0.2) is 0 Å². The Morgan fingerprint density at radius 2 is 1.13 bits per heavy atom. The Bertz CT molecular complexity index is 602. The highest BCUT2D eigenvalue weighted by atomic mass is 32.2. The molecule has 2 rings (SSSR count). The molecule has 0 N–H and O–H groups in total. The predicted molar refractivity (Wildman–Crippen MR) is 121 cm³/mol. The molecule has 0 aliphatic heterocycles. The SMILES string of the molecule is CC1CCC(C(C)C)C(C(OS(=O)(=O)C(F)(F)F)C2CC(C)CCC2C(C)C)C1.[SH3+]. The second-order valence-electron chi connectivity index (χ2n) is 10.4. The maximum atomic E-state index is 13.3. The topological polar surface area (TPSA) is 43.4 Å². The zero-order valence-corrected chi connectivity index (χ0v) is 21.3. The Kier molecular flexibility index (Phi) is 10.1. The molecule has 6 unspecified atom stereocenters. The van der Waals surface area contributed by atoms with Gasteiger partial charge in [-0.3, -0.25) is 4.18 Å². The second kappa shape index (κ2) is 10.8. The molecule has 0 heterocycles. The number of hydrogen-bond acceptors (Lipinski definition) is 3. The molecule has 0 aromatic carbocycles. The Hall–Kier alpha value is 0.0500. The minimum absolute atomic E-state index is 0. The third kappa shape index (κ3) is 6.53. The van der Waals surface area contributed by atoms with E-state index in [-0.39, 0.29) is 49.0 Å². The van der Waals surface area contributed by atoms with Crippen molar-refractivity contribution in [3.05, 3.63) is 0 Å². The predicted octanol–water partition coefficient (Wildman–Crippen LogP) is 5.83. The van der Waals surface area contributed by atoms with E-state index in [1.807, 2.05) is 0 Å². The van der Waals surface area contributed by atoms with Crippen LogP contribution in [0.3, 0.4) is 0 Å². The van der Waals surface area contributed by atoms with Gasteiger partial charge in [-0.2, -0.15) is 21.6 Å². The Balaban J connectivity index is 0.00000450. The van der Waals surface area contributed by atoms with Crippen LogP contribution in [0.2, 0.25) is 0 Å². The van der Waals surface area contributed by atoms with Crippen molar-refractivity contribution in [1.29, 1.82) is 0 Å². The number of rotatable bonds is 6. The quantitative estimate of drug-likeness (QED) is 0.276. The van der Waals surface area contributed by atoms with Crippen molar-refractivity contribution in [3.8, 4) is 0 Å². The van der Waals surface area contributed by atoms with Crippen LogP contribution in [-0.4, -0.2) is 20.0 Å². The van der Waals surface area contributed by atoms with Gasteiger partial charge in [-0.1, -0.05) is 67.9 Å². The maximum Gasteiger partial charge on any atom is 0.523 e. The highest BCUT2D eigenvalue weighted by Crippen LogP contribution is 2.49. The van der Waals surface area contributed by atoms with Gasteiger partial charge in [0.2, 0.25) is 0 Å². The molecule has 2 fully saturated rings. The van der Waals surface area contributed by atoms with E-state index in [4.69, 9.17) is 4.18 Å². The molecule has 2 saturated carbocycles. The highest BCUT2D eigenvalue weighted by Gasteiger charge is 2.53. The minimum atomic E-state index is -5.63. The molecule has 6 atom stereocenters. The second-order valence-corrected chi connectivity index (χ2v) is 12.0. The largest absolute Gasteiger partial charge is 0.523 e. The van der Waals surface area contributed by atoms with Crippen molar-refractivity contribution in [2.45, 2.75) is 91.7 Å². The summed E-state index contributed by atoms with van der Waals surface area (Å²) < 4.78 is 69.3. The van der Waals surface area contributed by atoms with Gasteiger partial charge in [0.25, 0.3) is 0 Å². The van der Waals surface area contributed by atoms with Gasteiger partial charge in [0, 0.05) is 0 Å². The summed E-state index contributed by atoms with van der Waals surface area (Å²) in [6, 6.07) is 0. The molecule has 2 aliphatic carbocycles. The first-order chi connectivity index (χ1) is 13.2. The normalized spacial score (nSPS) is 34.6. The van der Waals surface area contributed by atoms with Gasteiger partial charge in [0.05, 0.1) is 6.10 Å². The van der Waals surface area contributed by atoms with Crippen molar-refractivity contribution in [2.24, 2.45) is 47.3 Å². The van der Waals surface area contributed by atoms with E-state index in [2.05, 4.69) is 41.5 Å². The fraction of sp³-hybridized carbons (Fsp3) is 1.00. The molecule has 0 bridgehead atoms. The van der Waals surface area contributed by atoms with E-state index in [1.54, 1.807) is 0 Å². The van der Waals surface area contributed by atoms with Crippen LogP contribution < -0.4 is 0 Å². The first-order valence-corrected chi connectivity index (χ1v) is 12.6. The molecule has 8 heteroatoms. The number of alkyl halides is 3. The fourth-order valence-corrected chi connectivity index (χ4v) is 6.66. The zero-order chi connectivity index (χ0) is 22.1. The van der Waals surface area contributed by atoms with E-state index in [1.165, 1.54) is 0 Å². The number of hydrogen-bond donors (Lipinski definition) is 0. The van der Waals surface area contributed by atoms with E-state index in [9.17, 15) is 21.6 Å². The molecular formula is C22H42F3O3S2+. The van der Waals surface area contributed by atoms with E-state index in [0.717, 1.165) is 38.5 Å². The van der Waals surface area contributed by atoms with Crippen LogP contribution >= 0.6 is 0 Å². The first kappa shape index (κ1) is 28.1. The van der Waals surface area contributed by atoms with Crippen molar-refractivity contribution >= 4 is 23.6 Å². The van der Waals surface area contributed by atoms with Gasteiger partial charge >= 0.3 is 15.6 Å². The van der Waals surface area contributed by atoms with Crippen molar-refractivity contribution in [2.75, 3.05) is 0 Å². The maximum absolute atomic E-state index is 13.3. The third-order valence-corrected chi connectivity index (χ3v) is 8.55. The fourth-order valence-electron chi connectivity index (χ4n) is 5.97. The molecule has 0 saturated heterocycles. The van der Waals surface area contributed by atoms with Gasteiger partial charge in [-0.05, 0) is 73.0 Å². The lowest BCUT2D eigenvalue weighted by Crippen LogP contribution is -2.48. The highest BCUT2D eigenvalue weighted by molar-refractivity contribution is 7.87. The van der Waals surface area contributed by atoms with E-state index >= 15 is 0 Å². The van der Waals surface area contributed by atoms with Crippen LogP contribution in [0.1, 0.15) is 80.1 Å². The summed E-state index contributed by atoms with van der Waals surface area (Å²) in [5.74, 6) is 1.35. The average molecular weight is 476 g/mol. The Morgan fingerprint density at radius 1 is 0.767 bits per heavy atom. The molecule has 0 aromatic rings. The molecule has 2 aliphatic rings. The van der Waals surface area contributed by atoms with Crippen LogP contribution in [-0.2, 0) is 27.8 Å². The van der Waals surface area contributed by atoms with Gasteiger partial charge in [-0.15, -0.1) is 0 Å². The molecule has 0 aromatic heterocycles. The first-order valence-electron chi connectivity index (χ1n) is 11.2. The lowest BCUT2D eigenvalue weighted by Gasteiger charge is -2.48. The Morgan fingerprint density at radius 3 is 1.43 bits per heavy atom. The molecule has 180 valence electrons. The van der Waals surface area contributed by atoms with Crippen molar-refractivity contribution < 1.29 is 25.8 Å². The smallest absolute Gasteiger partial charge is 0.259 e. The summed E-state index contributed by atoms with van der Waals surface area (Å²) in [5, 5.41) is 0. The molecule has 0 amide bonds. The van der Waals surface area contributed by atoms with Crippen molar-refractivity contribution in [1.82, 2.24) is 0 Å². The Labute approximate surface area is 188 Å². The zero-order valence-electron chi connectivity index (χ0n) is 19.3. The summed E-state index contributed by atoms with van der Waals surface area (Å²) in [6.45, 7) is 12.6. The van der Waals surface area contributed by atoms with E-state index in [0.29, 0.717) is 11.8 Å². The van der Waals surface area contributed by atoms with E-state index < -0.39 is 21.7 Å². The summed E-state index contributed by atoms with van der Waals surface area (Å²) >= 11 is 0. The van der Waals surface area contributed by atoms with Gasteiger partial charge in [0.1, 0.15) is 0 Å².